The molecule has 0 saturated carbocycles. The van der Waals surface area contributed by atoms with Crippen molar-refractivity contribution in [3.05, 3.63) is 119 Å². The van der Waals surface area contributed by atoms with Gasteiger partial charge in [-0.3, -0.25) is 14.5 Å². The van der Waals surface area contributed by atoms with Crippen molar-refractivity contribution >= 4 is 17.5 Å². The van der Waals surface area contributed by atoms with Gasteiger partial charge in [0, 0.05) is 25.6 Å². The highest BCUT2D eigenvalue weighted by molar-refractivity contribution is 6.02. The minimum absolute atomic E-state index is 0.102. The Balaban J connectivity index is 1.36. The number of aliphatic hydroxyl groups excluding tert-OH is 1. The van der Waals surface area contributed by atoms with Crippen molar-refractivity contribution in [2.75, 3.05) is 32.1 Å². The number of benzene rings is 4. The van der Waals surface area contributed by atoms with Crippen molar-refractivity contribution in [1.29, 1.82) is 0 Å². The minimum Gasteiger partial charge on any atom is -0.486 e. The van der Waals surface area contributed by atoms with Crippen LogP contribution in [0.15, 0.2) is 91.0 Å². The van der Waals surface area contributed by atoms with Crippen molar-refractivity contribution in [3.8, 4) is 17.2 Å². The van der Waals surface area contributed by atoms with E-state index in [9.17, 15) is 32.3 Å². The van der Waals surface area contributed by atoms with Gasteiger partial charge in [-0.05, 0) is 67.6 Å². The molecule has 12 heteroatoms. The highest BCUT2D eigenvalue weighted by Crippen LogP contribution is 2.36. The number of hydrogen-bond acceptors (Lipinski definition) is 6. The van der Waals surface area contributed by atoms with Crippen molar-refractivity contribution in [3.63, 3.8) is 0 Å². The molecule has 0 unspecified atom stereocenters. The summed E-state index contributed by atoms with van der Waals surface area (Å²) in [6.45, 7) is 4.57. The van der Waals surface area contributed by atoms with Gasteiger partial charge in [0.15, 0.2) is 17.3 Å². The molecule has 2 N–H and O–H groups in total. The lowest BCUT2D eigenvalue weighted by molar-refractivity contribution is -0.138. The van der Waals surface area contributed by atoms with E-state index in [1.165, 1.54) is 30.3 Å². The number of hydrogen-bond donors (Lipinski definition) is 2. The lowest BCUT2D eigenvalue weighted by atomic mass is 9.98. The lowest BCUT2D eigenvalue weighted by Crippen LogP contribution is -2.49. The number of likely N-dealkylation sites (N-methyl/N-ethyl adjacent to an activating group) is 1. The number of para-hydroxylation sites is 2. The number of ether oxygens (including phenoxy) is 2. The fourth-order valence-corrected chi connectivity index (χ4v) is 5.88. The minimum atomic E-state index is -4.63. The summed E-state index contributed by atoms with van der Waals surface area (Å²) in [5.74, 6) is -1.11. The molecule has 1 aliphatic rings. The van der Waals surface area contributed by atoms with Gasteiger partial charge in [-0.25, -0.2) is 4.39 Å². The number of halogens is 4. The molecule has 1 heterocycles. The number of carbonyl (C=O) groups excluding carboxylic acids is 2. The number of alkyl halides is 3. The van der Waals surface area contributed by atoms with Gasteiger partial charge in [0.1, 0.15) is 11.9 Å². The molecule has 8 nitrogen and oxygen atoms in total. The Bertz CT molecular complexity index is 1800. The maximum Gasteiger partial charge on any atom is 0.416 e. The number of nitrogens with zero attached hydrogens (tertiary/aromatic N) is 2. The molecule has 0 fully saturated rings. The zero-order valence-corrected chi connectivity index (χ0v) is 27.9. The topological polar surface area (TPSA) is 91.3 Å². The second kappa shape index (κ2) is 15.7. The summed E-state index contributed by atoms with van der Waals surface area (Å²) in [6, 6.07) is 22.4. The molecule has 0 saturated heterocycles. The van der Waals surface area contributed by atoms with E-state index in [1.54, 1.807) is 54.3 Å². The van der Waals surface area contributed by atoms with E-state index in [4.69, 9.17) is 9.47 Å². The van der Waals surface area contributed by atoms with Gasteiger partial charge in [-0.2, -0.15) is 13.2 Å². The largest absolute Gasteiger partial charge is 0.486 e. The van der Waals surface area contributed by atoms with Crippen molar-refractivity contribution in [2.45, 2.75) is 45.1 Å². The van der Waals surface area contributed by atoms with E-state index in [0.29, 0.717) is 18.8 Å². The maximum atomic E-state index is 14.0. The Morgan fingerprint density at radius 1 is 1.04 bits per heavy atom. The molecule has 0 radical (unpaired) electrons. The zero-order chi connectivity index (χ0) is 36.0. The number of rotatable bonds is 11. The predicted molar refractivity (Wildman–Crippen MR) is 181 cm³/mol. The van der Waals surface area contributed by atoms with Crippen LogP contribution in [-0.2, 0) is 23.9 Å². The predicted octanol–water partition coefficient (Wildman–Crippen LogP) is 7.17. The van der Waals surface area contributed by atoms with Gasteiger partial charge < -0.3 is 24.8 Å². The summed E-state index contributed by atoms with van der Waals surface area (Å²) in [5.41, 5.74) is 0.169. The Morgan fingerprint density at radius 2 is 1.74 bits per heavy atom. The molecular formula is C38H39F4N3O5. The van der Waals surface area contributed by atoms with Crippen LogP contribution in [0.1, 0.15) is 40.9 Å². The second-order valence-corrected chi connectivity index (χ2v) is 12.6. The Kier molecular flexibility index (Phi) is 11.4. The molecule has 4 aromatic rings. The van der Waals surface area contributed by atoms with E-state index in [2.05, 4.69) is 5.32 Å². The van der Waals surface area contributed by atoms with E-state index >= 15 is 0 Å². The highest BCUT2D eigenvalue weighted by atomic mass is 19.4. The molecule has 264 valence electrons. The molecule has 0 aliphatic carbocycles. The van der Waals surface area contributed by atoms with Crippen LogP contribution in [-0.4, -0.2) is 65.6 Å². The summed E-state index contributed by atoms with van der Waals surface area (Å²) in [6.07, 6.45) is -5.69. The first-order valence-electron chi connectivity index (χ1n) is 16.2. The SMILES string of the molecule is C[C@@H]1CN([C@@H](C)CO)C(=O)c2cccc(NC(=O)Cc3ccccc3C(F)(F)F)c2O[C@@H]1CN(C)Cc1ccc(Oc2ccccc2F)cc1. The lowest BCUT2D eigenvalue weighted by Gasteiger charge is -2.38. The fourth-order valence-electron chi connectivity index (χ4n) is 5.88. The molecular weight excluding hydrogens is 654 g/mol. The summed E-state index contributed by atoms with van der Waals surface area (Å²) in [4.78, 5) is 30.6. The van der Waals surface area contributed by atoms with Gasteiger partial charge in [0.2, 0.25) is 5.91 Å². The van der Waals surface area contributed by atoms with Crippen LogP contribution in [0, 0.1) is 11.7 Å². The third-order valence-electron chi connectivity index (χ3n) is 8.57. The van der Waals surface area contributed by atoms with Crippen molar-refractivity contribution in [2.24, 2.45) is 5.92 Å². The Labute approximate surface area is 288 Å². The van der Waals surface area contributed by atoms with Gasteiger partial charge in [-0.1, -0.05) is 55.5 Å². The molecule has 0 aromatic heterocycles. The molecule has 2 amide bonds. The number of nitrogens with one attached hydrogen (secondary N) is 1. The zero-order valence-electron chi connectivity index (χ0n) is 27.9. The van der Waals surface area contributed by atoms with E-state index in [0.717, 1.165) is 11.6 Å². The molecule has 0 spiro atoms. The maximum absolute atomic E-state index is 14.0. The molecule has 50 heavy (non-hydrogen) atoms. The van der Waals surface area contributed by atoms with E-state index < -0.39 is 47.9 Å². The van der Waals surface area contributed by atoms with Crippen LogP contribution in [0.3, 0.4) is 0 Å². The van der Waals surface area contributed by atoms with Crippen LogP contribution in [0.5, 0.6) is 17.2 Å². The standard InChI is InChI=1S/C38H39F4N3O5/c1-24-20-45(25(2)23-46)37(48)29-10-8-13-32(43-35(47)19-27-9-4-5-11-30(27)38(40,41)42)36(29)50-34(24)22-44(3)21-26-15-17-28(18-16-26)49-33-14-7-6-12-31(33)39/h4-18,24-25,34,46H,19-23H2,1-3H3,(H,43,47)/t24-,25+,34-/m1/s1. The van der Waals surface area contributed by atoms with E-state index in [-0.39, 0.29) is 47.4 Å². The Morgan fingerprint density at radius 3 is 2.44 bits per heavy atom. The first kappa shape index (κ1) is 36.3. The molecule has 4 aromatic carbocycles. The van der Waals surface area contributed by atoms with Crippen LogP contribution < -0.4 is 14.8 Å². The number of amides is 2. The molecule has 3 atom stereocenters. The van der Waals surface area contributed by atoms with Gasteiger partial charge in [0.25, 0.3) is 5.91 Å². The number of anilines is 1. The van der Waals surface area contributed by atoms with Crippen molar-refractivity contribution < 1.29 is 41.7 Å². The average Bonchev–Trinajstić information content (AvgIpc) is 3.08. The normalized spacial score (nSPS) is 17.0. The summed E-state index contributed by atoms with van der Waals surface area (Å²) >= 11 is 0. The first-order chi connectivity index (χ1) is 23.8. The highest BCUT2D eigenvalue weighted by Gasteiger charge is 2.36. The van der Waals surface area contributed by atoms with Crippen LogP contribution in [0.4, 0.5) is 23.2 Å². The van der Waals surface area contributed by atoms with Gasteiger partial charge >= 0.3 is 6.18 Å². The second-order valence-electron chi connectivity index (χ2n) is 12.6. The van der Waals surface area contributed by atoms with Crippen LogP contribution in [0.2, 0.25) is 0 Å². The van der Waals surface area contributed by atoms with Crippen LogP contribution in [0.25, 0.3) is 0 Å². The quantitative estimate of drug-likeness (QED) is 0.162. The number of aliphatic hydroxyl groups is 1. The fraction of sp³-hybridized carbons (Fsp3) is 0.316. The third-order valence-corrected chi connectivity index (χ3v) is 8.57. The van der Waals surface area contributed by atoms with Crippen LogP contribution >= 0.6 is 0 Å². The first-order valence-corrected chi connectivity index (χ1v) is 16.2. The smallest absolute Gasteiger partial charge is 0.416 e. The summed E-state index contributed by atoms with van der Waals surface area (Å²) in [7, 11) is 1.91. The monoisotopic (exact) mass is 693 g/mol. The third kappa shape index (κ3) is 8.80. The average molecular weight is 694 g/mol. The molecule has 5 rings (SSSR count). The van der Waals surface area contributed by atoms with Gasteiger partial charge in [-0.15, -0.1) is 0 Å². The number of carbonyl (C=O) groups is 2. The molecule has 1 aliphatic heterocycles. The van der Waals surface area contributed by atoms with Crippen molar-refractivity contribution in [1.82, 2.24) is 9.80 Å². The summed E-state index contributed by atoms with van der Waals surface area (Å²) < 4.78 is 67.1. The molecule has 0 bridgehead atoms. The van der Waals surface area contributed by atoms with Gasteiger partial charge in [0.05, 0.1) is 35.9 Å². The van der Waals surface area contributed by atoms with E-state index in [1.807, 2.05) is 31.0 Å². The summed E-state index contributed by atoms with van der Waals surface area (Å²) in [5, 5.41) is 12.7. The number of fused-ring (bicyclic) bond motifs is 1. The Hall–Kier alpha value is -4.94.